The number of hydrogen-bond donors (Lipinski definition) is 2. The van der Waals surface area contributed by atoms with E-state index in [1.807, 2.05) is 6.92 Å². The molecule has 0 radical (unpaired) electrons. The molecule has 0 bridgehead atoms. The van der Waals surface area contributed by atoms with Gasteiger partial charge in [-0.15, -0.1) is 0 Å². The number of hydrogen-bond acceptors (Lipinski definition) is 7. The van der Waals surface area contributed by atoms with Crippen LogP contribution in [0.15, 0.2) is 9.59 Å². The SMILES string of the molecule is CCCCn1c(N)c(N(C(=O)CN2CCC(C3OCCO3)CC2)C2CCCC2)c(=O)[nH]c1=O. The van der Waals surface area contributed by atoms with Gasteiger partial charge in [0.25, 0.3) is 5.56 Å². The highest BCUT2D eigenvalue weighted by Crippen LogP contribution is 2.30. The van der Waals surface area contributed by atoms with Crippen LogP contribution in [0.5, 0.6) is 0 Å². The van der Waals surface area contributed by atoms with Crippen LogP contribution in [0, 0.1) is 5.92 Å². The maximum Gasteiger partial charge on any atom is 0.330 e. The van der Waals surface area contributed by atoms with Crippen LogP contribution in [-0.4, -0.2) is 65.5 Å². The van der Waals surface area contributed by atoms with Crippen LogP contribution in [0.3, 0.4) is 0 Å². The normalized spacial score (nSPS) is 21.1. The summed E-state index contributed by atoms with van der Waals surface area (Å²) in [6, 6.07) is -0.0733. The van der Waals surface area contributed by atoms with E-state index in [9.17, 15) is 14.4 Å². The summed E-state index contributed by atoms with van der Waals surface area (Å²) in [5.74, 6) is 0.309. The molecular weight excluding hydrogens is 426 g/mol. The van der Waals surface area contributed by atoms with E-state index in [1.54, 1.807) is 4.90 Å². The summed E-state index contributed by atoms with van der Waals surface area (Å²) in [5, 5.41) is 0. The van der Waals surface area contributed by atoms with Crippen molar-refractivity contribution in [2.75, 3.05) is 43.5 Å². The minimum absolute atomic E-state index is 0.0733. The van der Waals surface area contributed by atoms with Gasteiger partial charge in [0.2, 0.25) is 5.91 Å². The first kappa shape index (κ1) is 24.0. The predicted octanol–water partition coefficient (Wildman–Crippen LogP) is 1.28. The molecule has 1 aliphatic carbocycles. The van der Waals surface area contributed by atoms with Gasteiger partial charge in [-0.25, -0.2) is 4.79 Å². The molecule has 1 aromatic heterocycles. The molecule has 3 heterocycles. The molecule has 0 aromatic carbocycles. The van der Waals surface area contributed by atoms with Gasteiger partial charge < -0.3 is 20.1 Å². The highest BCUT2D eigenvalue weighted by atomic mass is 16.7. The number of H-pyrrole nitrogens is 1. The maximum atomic E-state index is 13.6. The molecule has 4 rings (SSSR count). The number of aromatic nitrogens is 2. The van der Waals surface area contributed by atoms with Gasteiger partial charge in [-0.1, -0.05) is 26.2 Å². The molecule has 2 saturated heterocycles. The average molecular weight is 464 g/mol. The second kappa shape index (κ2) is 10.8. The van der Waals surface area contributed by atoms with Crippen LogP contribution in [0.4, 0.5) is 11.5 Å². The number of unbranched alkanes of at least 4 members (excludes halogenated alkanes) is 1. The molecule has 0 spiro atoms. The third-order valence-corrected chi connectivity index (χ3v) is 7.17. The number of nitrogen functional groups attached to an aromatic ring is 1. The second-order valence-electron chi connectivity index (χ2n) is 9.42. The van der Waals surface area contributed by atoms with E-state index in [1.165, 1.54) is 4.57 Å². The van der Waals surface area contributed by atoms with E-state index in [2.05, 4.69) is 9.88 Å². The third-order valence-electron chi connectivity index (χ3n) is 7.17. The summed E-state index contributed by atoms with van der Waals surface area (Å²) < 4.78 is 12.7. The topological polar surface area (TPSA) is 123 Å². The fourth-order valence-corrected chi connectivity index (χ4v) is 5.32. The smallest absolute Gasteiger partial charge is 0.330 e. The monoisotopic (exact) mass is 463 g/mol. The molecular formula is C23H37N5O5. The molecule has 3 fully saturated rings. The van der Waals surface area contributed by atoms with E-state index in [4.69, 9.17) is 15.2 Å². The molecule has 33 heavy (non-hydrogen) atoms. The van der Waals surface area contributed by atoms with Gasteiger partial charge in [-0.3, -0.25) is 24.0 Å². The first-order chi connectivity index (χ1) is 16.0. The Labute approximate surface area is 194 Å². The molecule has 1 aromatic rings. The standard InChI is InChI=1S/C23H37N5O5/c1-2-3-10-27-20(24)19(21(30)25-23(27)31)28(17-6-4-5-7-17)18(29)15-26-11-8-16(9-12-26)22-32-13-14-33-22/h16-17,22H,2-15,24H2,1H3,(H,25,30,31). The summed E-state index contributed by atoms with van der Waals surface area (Å²) in [7, 11) is 0. The predicted molar refractivity (Wildman–Crippen MR) is 125 cm³/mol. The van der Waals surface area contributed by atoms with Crippen molar-refractivity contribution in [1.29, 1.82) is 0 Å². The Balaban J connectivity index is 1.53. The number of aromatic amines is 1. The number of nitrogens with zero attached hydrogens (tertiary/aromatic N) is 3. The lowest BCUT2D eigenvalue weighted by Crippen LogP contribution is -2.50. The van der Waals surface area contributed by atoms with Crippen LogP contribution in [-0.2, 0) is 20.8 Å². The van der Waals surface area contributed by atoms with Gasteiger partial charge in [-0.05, 0) is 45.2 Å². The first-order valence-corrected chi connectivity index (χ1v) is 12.4. The van der Waals surface area contributed by atoms with Gasteiger partial charge in [0.15, 0.2) is 12.0 Å². The highest BCUT2D eigenvalue weighted by Gasteiger charge is 2.35. The number of nitrogens with one attached hydrogen (secondary N) is 1. The Kier molecular flexibility index (Phi) is 7.87. The Hall–Kier alpha value is -2.17. The molecule has 3 N–H and O–H groups in total. The largest absolute Gasteiger partial charge is 0.383 e. The van der Waals surface area contributed by atoms with E-state index in [-0.39, 0.29) is 36.3 Å². The Morgan fingerprint density at radius 1 is 1.12 bits per heavy atom. The molecule has 3 aliphatic rings. The number of rotatable bonds is 8. The minimum atomic E-state index is -0.584. The number of carbonyl (C=O) groups excluding carboxylic acids is 1. The van der Waals surface area contributed by atoms with Crippen molar-refractivity contribution >= 4 is 17.4 Å². The Morgan fingerprint density at radius 2 is 1.79 bits per heavy atom. The van der Waals surface area contributed by atoms with Crippen LogP contribution in [0.2, 0.25) is 0 Å². The van der Waals surface area contributed by atoms with Crippen LogP contribution in [0.1, 0.15) is 58.3 Å². The van der Waals surface area contributed by atoms with Gasteiger partial charge >= 0.3 is 5.69 Å². The molecule has 1 amide bonds. The van der Waals surface area contributed by atoms with Crippen LogP contribution < -0.4 is 21.9 Å². The van der Waals surface area contributed by atoms with Gasteiger partial charge in [0.1, 0.15) is 5.82 Å². The number of piperidine rings is 1. The number of nitrogens with two attached hydrogens (primary N) is 1. The lowest BCUT2D eigenvalue weighted by atomic mass is 9.96. The zero-order chi connectivity index (χ0) is 23.4. The molecule has 0 unspecified atom stereocenters. The van der Waals surface area contributed by atoms with Crippen molar-refractivity contribution in [1.82, 2.24) is 14.5 Å². The van der Waals surface area contributed by atoms with E-state index in [0.29, 0.717) is 25.7 Å². The van der Waals surface area contributed by atoms with E-state index in [0.717, 1.165) is 64.5 Å². The lowest BCUT2D eigenvalue weighted by molar-refractivity contribution is -0.122. The number of ether oxygens (including phenoxy) is 2. The van der Waals surface area contributed by atoms with Crippen molar-refractivity contribution in [3.8, 4) is 0 Å². The van der Waals surface area contributed by atoms with E-state index < -0.39 is 11.2 Å². The maximum absolute atomic E-state index is 13.6. The van der Waals surface area contributed by atoms with Crippen molar-refractivity contribution < 1.29 is 14.3 Å². The number of amides is 1. The van der Waals surface area contributed by atoms with Crippen LogP contribution in [0.25, 0.3) is 0 Å². The van der Waals surface area contributed by atoms with Crippen LogP contribution >= 0.6 is 0 Å². The fraction of sp³-hybridized carbons (Fsp3) is 0.783. The second-order valence-corrected chi connectivity index (χ2v) is 9.42. The average Bonchev–Trinajstić information content (AvgIpc) is 3.51. The molecule has 184 valence electrons. The highest BCUT2D eigenvalue weighted by molar-refractivity contribution is 5.97. The summed E-state index contributed by atoms with van der Waals surface area (Å²) in [4.78, 5) is 45.0. The molecule has 0 atom stereocenters. The van der Waals surface area contributed by atoms with Gasteiger partial charge in [0.05, 0.1) is 19.8 Å². The minimum Gasteiger partial charge on any atom is -0.383 e. The number of anilines is 2. The van der Waals surface area contributed by atoms with Gasteiger partial charge in [-0.2, -0.15) is 0 Å². The van der Waals surface area contributed by atoms with Crippen molar-refractivity contribution in [2.24, 2.45) is 5.92 Å². The summed E-state index contributed by atoms with van der Waals surface area (Å²) in [6.45, 7) is 5.52. The van der Waals surface area contributed by atoms with Crippen molar-refractivity contribution in [2.45, 2.75) is 77.2 Å². The van der Waals surface area contributed by atoms with E-state index >= 15 is 0 Å². The molecule has 10 heteroatoms. The first-order valence-electron chi connectivity index (χ1n) is 12.4. The van der Waals surface area contributed by atoms with Gasteiger partial charge in [0, 0.05) is 18.5 Å². The zero-order valence-corrected chi connectivity index (χ0v) is 19.6. The van der Waals surface area contributed by atoms with Crippen molar-refractivity contribution in [3.05, 3.63) is 20.8 Å². The lowest BCUT2D eigenvalue weighted by Gasteiger charge is -2.36. The zero-order valence-electron chi connectivity index (χ0n) is 19.6. The molecule has 10 nitrogen and oxygen atoms in total. The van der Waals surface area contributed by atoms with Crippen molar-refractivity contribution in [3.63, 3.8) is 0 Å². The fourth-order valence-electron chi connectivity index (χ4n) is 5.32. The quantitative estimate of drug-likeness (QED) is 0.595. The molecule has 2 aliphatic heterocycles. The molecule has 1 saturated carbocycles. The summed E-state index contributed by atoms with van der Waals surface area (Å²) >= 11 is 0. The number of likely N-dealkylation sites (tertiary alicyclic amines) is 1. The Morgan fingerprint density at radius 3 is 2.42 bits per heavy atom. The number of carbonyl (C=O) groups is 1. The summed E-state index contributed by atoms with van der Waals surface area (Å²) in [6.07, 6.45) is 7.02. The Bertz CT molecular complexity index is 924. The third kappa shape index (κ3) is 5.33. The summed E-state index contributed by atoms with van der Waals surface area (Å²) in [5.41, 5.74) is 5.39.